The molecule has 0 spiro atoms. The van der Waals surface area contributed by atoms with Crippen LogP contribution in [0.25, 0.3) is 0 Å². The fourth-order valence-electron chi connectivity index (χ4n) is 2.71. The van der Waals surface area contributed by atoms with Crippen molar-refractivity contribution in [3.05, 3.63) is 34.5 Å². The van der Waals surface area contributed by atoms with E-state index in [1.807, 2.05) is 12.4 Å². The minimum atomic E-state index is -0.144. The largest absolute Gasteiger partial charge is 0.317 e. The quantitative estimate of drug-likeness (QED) is 0.925. The fourth-order valence-corrected chi connectivity index (χ4v) is 3.43. The smallest absolute Gasteiger partial charge is 0.155 e. The van der Waals surface area contributed by atoms with Gasteiger partial charge in [-0.1, -0.05) is 25.3 Å². The second-order valence-electron chi connectivity index (χ2n) is 4.88. The van der Waals surface area contributed by atoms with E-state index in [1.54, 1.807) is 11.3 Å². The number of nitrogens with zero attached hydrogens (tertiary/aromatic N) is 3. The molecule has 2 aromatic heterocycles. The van der Waals surface area contributed by atoms with E-state index >= 15 is 0 Å². The summed E-state index contributed by atoms with van der Waals surface area (Å²) in [5.41, 5.74) is 6.30. The van der Waals surface area contributed by atoms with Crippen molar-refractivity contribution in [2.45, 2.75) is 44.2 Å². The van der Waals surface area contributed by atoms with Crippen molar-refractivity contribution in [2.75, 3.05) is 0 Å². The molecule has 1 saturated carbocycles. The number of rotatable bonds is 3. The van der Waals surface area contributed by atoms with Crippen LogP contribution in [0.5, 0.6) is 0 Å². The van der Waals surface area contributed by atoms with Gasteiger partial charge in [0.1, 0.15) is 12.4 Å². The molecule has 1 unspecified atom stereocenters. The van der Waals surface area contributed by atoms with E-state index in [4.69, 9.17) is 5.73 Å². The minimum Gasteiger partial charge on any atom is -0.317 e. The van der Waals surface area contributed by atoms with Crippen LogP contribution in [0.4, 0.5) is 0 Å². The Kier molecular flexibility index (Phi) is 3.43. The van der Waals surface area contributed by atoms with Crippen LogP contribution in [0.3, 0.4) is 0 Å². The summed E-state index contributed by atoms with van der Waals surface area (Å²) in [5.74, 6) is 0.907. The number of nitrogens with two attached hydrogens (primary N) is 1. The van der Waals surface area contributed by atoms with E-state index in [0.717, 1.165) is 10.7 Å². The van der Waals surface area contributed by atoms with Gasteiger partial charge in [-0.25, -0.2) is 0 Å². The van der Waals surface area contributed by atoms with E-state index in [1.165, 1.54) is 32.1 Å². The maximum Gasteiger partial charge on any atom is 0.155 e. The van der Waals surface area contributed by atoms with Crippen LogP contribution in [0.1, 0.15) is 54.9 Å². The number of hydrogen-bond acceptors (Lipinski definition) is 4. The van der Waals surface area contributed by atoms with Crippen molar-refractivity contribution < 1.29 is 0 Å². The molecule has 0 aromatic carbocycles. The Morgan fingerprint density at radius 3 is 2.89 bits per heavy atom. The van der Waals surface area contributed by atoms with Crippen LogP contribution >= 0.6 is 11.3 Å². The summed E-state index contributed by atoms with van der Waals surface area (Å²) < 4.78 is 2.20. The van der Waals surface area contributed by atoms with Gasteiger partial charge in [-0.2, -0.15) is 0 Å². The van der Waals surface area contributed by atoms with E-state index in [0.29, 0.717) is 6.04 Å². The van der Waals surface area contributed by atoms with Gasteiger partial charge in [0.05, 0.1) is 0 Å². The molecule has 0 bridgehead atoms. The SMILES string of the molecule is NC(c1cccs1)c1nncn1C1CCCCC1. The monoisotopic (exact) mass is 262 g/mol. The summed E-state index contributed by atoms with van der Waals surface area (Å²) >= 11 is 1.68. The molecule has 0 radical (unpaired) electrons. The minimum absolute atomic E-state index is 0.144. The van der Waals surface area contributed by atoms with Gasteiger partial charge in [-0.3, -0.25) is 0 Å². The summed E-state index contributed by atoms with van der Waals surface area (Å²) in [6.07, 6.45) is 8.25. The standard InChI is InChI=1S/C13H18N4S/c14-12(11-7-4-8-18-11)13-16-15-9-17(13)10-5-2-1-3-6-10/h4,7-10,12H,1-3,5-6,14H2. The highest BCUT2D eigenvalue weighted by molar-refractivity contribution is 7.10. The maximum atomic E-state index is 6.30. The van der Waals surface area contributed by atoms with E-state index in [2.05, 4.69) is 26.2 Å². The van der Waals surface area contributed by atoms with Crippen LogP contribution in [-0.4, -0.2) is 14.8 Å². The molecule has 2 N–H and O–H groups in total. The number of thiophene rings is 1. The van der Waals surface area contributed by atoms with Gasteiger partial charge >= 0.3 is 0 Å². The zero-order valence-electron chi connectivity index (χ0n) is 10.3. The van der Waals surface area contributed by atoms with Crippen LogP contribution in [0, 0.1) is 0 Å². The Morgan fingerprint density at radius 2 is 2.17 bits per heavy atom. The van der Waals surface area contributed by atoms with Gasteiger partial charge in [0, 0.05) is 10.9 Å². The summed E-state index contributed by atoms with van der Waals surface area (Å²) in [7, 11) is 0. The van der Waals surface area contributed by atoms with Crippen molar-refractivity contribution in [1.29, 1.82) is 0 Å². The van der Waals surface area contributed by atoms with Crippen LogP contribution in [0.15, 0.2) is 23.8 Å². The molecule has 4 nitrogen and oxygen atoms in total. The van der Waals surface area contributed by atoms with Gasteiger partial charge in [0.15, 0.2) is 5.82 Å². The van der Waals surface area contributed by atoms with Gasteiger partial charge in [-0.05, 0) is 24.3 Å². The lowest BCUT2D eigenvalue weighted by Crippen LogP contribution is -2.21. The first kappa shape index (κ1) is 11.9. The molecule has 1 atom stereocenters. The van der Waals surface area contributed by atoms with E-state index in [9.17, 15) is 0 Å². The van der Waals surface area contributed by atoms with Crippen molar-refractivity contribution in [1.82, 2.24) is 14.8 Å². The summed E-state index contributed by atoms with van der Waals surface area (Å²) in [6, 6.07) is 4.49. The van der Waals surface area contributed by atoms with Crippen LogP contribution in [-0.2, 0) is 0 Å². The molecule has 96 valence electrons. The van der Waals surface area contributed by atoms with Crippen molar-refractivity contribution in [2.24, 2.45) is 5.73 Å². The summed E-state index contributed by atoms with van der Waals surface area (Å²) in [5, 5.41) is 10.4. The highest BCUT2D eigenvalue weighted by Crippen LogP contribution is 2.31. The van der Waals surface area contributed by atoms with Crippen molar-refractivity contribution in [3.8, 4) is 0 Å². The van der Waals surface area contributed by atoms with Gasteiger partial charge in [-0.15, -0.1) is 21.5 Å². The highest BCUT2D eigenvalue weighted by atomic mass is 32.1. The summed E-state index contributed by atoms with van der Waals surface area (Å²) in [4.78, 5) is 1.15. The Hall–Kier alpha value is -1.20. The first-order valence-electron chi connectivity index (χ1n) is 6.54. The van der Waals surface area contributed by atoms with Crippen molar-refractivity contribution in [3.63, 3.8) is 0 Å². The van der Waals surface area contributed by atoms with E-state index < -0.39 is 0 Å². The van der Waals surface area contributed by atoms with Gasteiger partial charge in [0.25, 0.3) is 0 Å². The highest BCUT2D eigenvalue weighted by Gasteiger charge is 2.22. The molecule has 1 aliphatic rings. The number of hydrogen-bond donors (Lipinski definition) is 1. The predicted octanol–water partition coefficient (Wildman–Crippen LogP) is 2.89. The molecule has 0 amide bonds. The molecule has 18 heavy (non-hydrogen) atoms. The second-order valence-corrected chi connectivity index (χ2v) is 5.86. The normalized spacial score (nSPS) is 18.9. The Bertz CT molecular complexity index is 485. The Balaban J connectivity index is 1.86. The molecule has 1 aliphatic carbocycles. The third kappa shape index (κ3) is 2.20. The predicted molar refractivity (Wildman–Crippen MR) is 72.5 cm³/mol. The lowest BCUT2D eigenvalue weighted by atomic mass is 9.95. The van der Waals surface area contributed by atoms with E-state index in [-0.39, 0.29) is 6.04 Å². The van der Waals surface area contributed by atoms with Crippen LogP contribution in [0.2, 0.25) is 0 Å². The third-order valence-electron chi connectivity index (χ3n) is 3.70. The molecule has 1 fully saturated rings. The molecule has 2 heterocycles. The average Bonchev–Trinajstić information content (AvgIpc) is 3.10. The lowest BCUT2D eigenvalue weighted by Gasteiger charge is -2.25. The molecule has 0 saturated heterocycles. The zero-order chi connectivity index (χ0) is 12.4. The molecule has 2 aromatic rings. The fraction of sp³-hybridized carbons (Fsp3) is 0.538. The molecule has 0 aliphatic heterocycles. The molecular formula is C13H18N4S. The second kappa shape index (κ2) is 5.20. The molecule has 5 heteroatoms. The van der Waals surface area contributed by atoms with Crippen molar-refractivity contribution >= 4 is 11.3 Å². The number of aromatic nitrogens is 3. The average molecular weight is 262 g/mol. The maximum absolute atomic E-state index is 6.30. The zero-order valence-corrected chi connectivity index (χ0v) is 11.1. The van der Waals surface area contributed by atoms with Gasteiger partial charge in [0.2, 0.25) is 0 Å². The molecule has 3 rings (SSSR count). The van der Waals surface area contributed by atoms with Gasteiger partial charge < -0.3 is 10.3 Å². The first-order valence-corrected chi connectivity index (χ1v) is 7.42. The van der Waals surface area contributed by atoms with Crippen LogP contribution < -0.4 is 5.73 Å². The topological polar surface area (TPSA) is 56.7 Å². The lowest BCUT2D eigenvalue weighted by molar-refractivity contribution is 0.343. The third-order valence-corrected chi connectivity index (χ3v) is 4.65. The Morgan fingerprint density at radius 1 is 1.33 bits per heavy atom. The Labute approximate surface area is 111 Å². The summed E-state index contributed by atoms with van der Waals surface area (Å²) in [6.45, 7) is 0. The first-order chi connectivity index (χ1) is 8.86. The molecular weight excluding hydrogens is 244 g/mol.